The van der Waals surface area contributed by atoms with E-state index in [1.807, 2.05) is 9.77 Å². The molecule has 4 aliphatic carbocycles. The maximum absolute atomic E-state index is 2.74. The first-order chi connectivity index (χ1) is 20.8. The summed E-state index contributed by atoms with van der Waals surface area (Å²) in [6.45, 7) is 24.3. The third-order valence-electron chi connectivity index (χ3n) is 11.2. The molecule has 0 spiro atoms. The summed E-state index contributed by atoms with van der Waals surface area (Å²) in [6.07, 6.45) is 23.1. The minimum Gasteiger partial charge on any atom is -1.00 e. The van der Waals surface area contributed by atoms with Crippen LogP contribution in [0.25, 0.3) is 23.3 Å². The van der Waals surface area contributed by atoms with E-state index in [9.17, 15) is 0 Å². The van der Waals surface area contributed by atoms with Crippen molar-refractivity contribution in [1.82, 2.24) is 0 Å². The molecule has 0 aromatic heterocycles. The van der Waals surface area contributed by atoms with Gasteiger partial charge in [-0.3, -0.25) is 0 Å². The van der Waals surface area contributed by atoms with Crippen LogP contribution in [0.15, 0.2) is 54.6 Å². The largest absolute Gasteiger partial charge is 1.00 e. The van der Waals surface area contributed by atoms with Crippen LogP contribution < -0.4 is 24.8 Å². The van der Waals surface area contributed by atoms with E-state index in [0.29, 0.717) is 5.92 Å². The molecule has 0 radical (unpaired) electrons. The maximum Gasteiger partial charge on any atom is -1.00 e. The Hall–Kier alpha value is -1.27. The van der Waals surface area contributed by atoms with Gasteiger partial charge in [0.15, 0.2) is 0 Å². The Morgan fingerprint density at radius 3 is 1.96 bits per heavy atom. The average molecular weight is 735 g/mol. The van der Waals surface area contributed by atoms with E-state index in [1.54, 1.807) is 16.7 Å². The number of hydrogen-bond acceptors (Lipinski definition) is 0. The molecule has 0 saturated heterocycles. The minimum atomic E-state index is -2.38. The molecule has 2 aromatic rings. The number of unbranched alkanes of at least 4 members (excludes halogenated alkanes) is 2. The first kappa shape index (κ1) is 37.6. The molecule has 1 atom stereocenters. The second-order valence-corrected chi connectivity index (χ2v) is 22.6. The summed E-state index contributed by atoms with van der Waals surface area (Å²) in [5, 5.41) is 0. The quantitative estimate of drug-likeness (QED) is 0.244. The summed E-state index contributed by atoms with van der Waals surface area (Å²) in [5.74, 6) is 0.619. The van der Waals surface area contributed by atoms with Crippen molar-refractivity contribution in [2.45, 2.75) is 131 Å². The van der Waals surface area contributed by atoms with E-state index < -0.39 is 21.3 Å². The van der Waals surface area contributed by atoms with Crippen molar-refractivity contribution in [3.63, 3.8) is 0 Å². The third-order valence-corrected chi connectivity index (χ3v) is 20.1. The second-order valence-electron chi connectivity index (χ2n) is 16.3. The summed E-state index contributed by atoms with van der Waals surface area (Å²) >= 11 is -2.38. The zero-order valence-corrected chi connectivity index (χ0v) is 34.2. The molecular weight excluding hydrogens is 679 g/mol. The zero-order chi connectivity index (χ0) is 31.6. The second kappa shape index (κ2) is 13.9. The van der Waals surface area contributed by atoms with Crippen LogP contribution in [0.4, 0.5) is 0 Å². The smallest absolute Gasteiger partial charge is 1.00 e. The van der Waals surface area contributed by atoms with Gasteiger partial charge in [0, 0.05) is 0 Å². The number of rotatable bonds is 9. The van der Waals surface area contributed by atoms with Crippen molar-refractivity contribution in [3.8, 4) is 11.1 Å². The van der Waals surface area contributed by atoms with Crippen LogP contribution in [0.2, 0.25) is 0 Å². The van der Waals surface area contributed by atoms with E-state index in [2.05, 4.69) is 124 Å². The van der Waals surface area contributed by atoms with Crippen molar-refractivity contribution >= 4 is 15.4 Å². The van der Waals surface area contributed by atoms with Crippen molar-refractivity contribution < 1.29 is 46.1 Å². The van der Waals surface area contributed by atoms with Gasteiger partial charge in [0.1, 0.15) is 0 Å². The van der Waals surface area contributed by atoms with E-state index in [1.165, 1.54) is 78.3 Å². The van der Waals surface area contributed by atoms with Gasteiger partial charge in [-0.25, -0.2) is 0 Å². The van der Waals surface area contributed by atoms with E-state index in [0.717, 1.165) is 6.42 Å². The fourth-order valence-corrected chi connectivity index (χ4v) is 18.1. The van der Waals surface area contributed by atoms with Crippen LogP contribution in [-0.2, 0) is 38.5 Å². The Balaban J connectivity index is 0.00000240. The summed E-state index contributed by atoms with van der Waals surface area (Å²) in [7, 11) is 0. The first-order valence-electron chi connectivity index (χ1n) is 17.7. The normalized spacial score (nSPS) is 19.1. The van der Waals surface area contributed by atoms with Gasteiger partial charge in [0.2, 0.25) is 0 Å². The number of fused-ring (bicyclic) bond motifs is 5. The Kier molecular flexibility index (Phi) is 11.4. The van der Waals surface area contributed by atoms with Gasteiger partial charge in [-0.1, -0.05) is 0 Å². The molecule has 0 fully saturated rings. The monoisotopic (exact) mass is 732 g/mol. The van der Waals surface area contributed by atoms with Crippen molar-refractivity contribution in [2.75, 3.05) is 0 Å². The molecule has 4 aliphatic rings. The van der Waals surface area contributed by atoms with Gasteiger partial charge in [-0.2, -0.15) is 0 Å². The standard InChI is InChI=1S/C23H21.C11H17.C9H18.2ClH.Zr/c1-22(2)7-5-14-10-18-16(12-20(14)22)9-17-13-21-15(11-19(17)18)6-8-23(21,3)4;1-5-9-6-7-10(8-9)11(2,3)4;1-3-5-7-9-8-6-4-2;;;/h5-7,10-13H,9H2,1-4H3;7-9H,5H2,1-4H3;3-8H2,1-2H3;2*1H;/q;;;;;+2/p-2. The van der Waals surface area contributed by atoms with Crippen LogP contribution in [-0.4, -0.2) is 3.21 Å². The average Bonchev–Trinajstić information content (AvgIpc) is 3.69. The van der Waals surface area contributed by atoms with Crippen LogP contribution in [0.3, 0.4) is 0 Å². The van der Waals surface area contributed by atoms with Gasteiger partial charge < -0.3 is 24.8 Å². The minimum absolute atomic E-state index is 0. The molecule has 246 valence electrons. The van der Waals surface area contributed by atoms with Crippen molar-refractivity contribution in [2.24, 2.45) is 11.3 Å². The molecule has 2 aromatic carbocycles. The summed E-state index contributed by atoms with van der Waals surface area (Å²) in [5.41, 5.74) is 14.1. The molecule has 1 unspecified atom stereocenters. The molecule has 0 saturated carbocycles. The first-order valence-corrected chi connectivity index (χ1v) is 21.4. The molecule has 0 amide bonds. The van der Waals surface area contributed by atoms with Gasteiger partial charge in [0.05, 0.1) is 0 Å². The van der Waals surface area contributed by atoms with Gasteiger partial charge in [-0.05, 0) is 0 Å². The third kappa shape index (κ3) is 6.53. The van der Waals surface area contributed by atoms with Crippen LogP contribution in [0.1, 0.15) is 148 Å². The van der Waals surface area contributed by atoms with Gasteiger partial charge in [0.25, 0.3) is 0 Å². The Morgan fingerprint density at radius 2 is 1.39 bits per heavy atom. The molecule has 0 N–H and O–H groups in total. The van der Waals surface area contributed by atoms with Crippen LogP contribution in [0, 0.1) is 11.3 Å². The molecule has 0 nitrogen and oxygen atoms in total. The summed E-state index contributed by atoms with van der Waals surface area (Å²) in [6, 6.07) is 10.3. The van der Waals surface area contributed by atoms with Gasteiger partial charge in [-0.15, -0.1) is 0 Å². The Morgan fingerprint density at radius 1 is 0.804 bits per heavy atom. The number of allylic oxidation sites excluding steroid dienone is 6. The fraction of sp³-hybridized carbons (Fsp3) is 0.512. The molecule has 3 heteroatoms. The SMILES string of the molecule is CCCC[C](CCCC)=[Zr+2]([C]1=CC(C(C)(C)C)=CC1CC)[C]1=Cc2cc3c(cc2C1(C)C)Cc1cc2c(cc1-3)C=CC2(C)C.[Cl-].[Cl-]. The summed E-state index contributed by atoms with van der Waals surface area (Å²) < 4.78 is 5.70. The van der Waals surface area contributed by atoms with Crippen LogP contribution in [0.5, 0.6) is 0 Å². The molecule has 0 aliphatic heterocycles. The fourth-order valence-electron chi connectivity index (χ4n) is 8.33. The number of benzene rings is 2. The van der Waals surface area contributed by atoms with E-state index in [4.69, 9.17) is 0 Å². The molecule has 0 heterocycles. The molecule has 6 rings (SSSR count). The van der Waals surface area contributed by atoms with Gasteiger partial charge >= 0.3 is 279 Å². The maximum atomic E-state index is 2.74. The molecule has 46 heavy (non-hydrogen) atoms. The van der Waals surface area contributed by atoms with Crippen molar-refractivity contribution in [1.29, 1.82) is 0 Å². The number of hydrogen-bond donors (Lipinski definition) is 0. The van der Waals surface area contributed by atoms with E-state index in [-0.39, 0.29) is 41.1 Å². The zero-order valence-electron chi connectivity index (χ0n) is 30.2. The number of halogens is 2. The van der Waals surface area contributed by atoms with Crippen LogP contribution >= 0.6 is 0 Å². The van der Waals surface area contributed by atoms with E-state index >= 15 is 0 Å². The predicted molar refractivity (Wildman–Crippen MR) is 191 cm³/mol. The predicted octanol–water partition coefficient (Wildman–Crippen LogP) is 6.27. The van der Waals surface area contributed by atoms with Crippen molar-refractivity contribution in [3.05, 3.63) is 88.0 Å². The Bertz CT molecular complexity index is 1660. The Labute approximate surface area is 301 Å². The summed E-state index contributed by atoms with van der Waals surface area (Å²) in [4.78, 5) is 0. The molecule has 0 bridgehead atoms. The molecular formula is C43H56Cl2Zr. The topological polar surface area (TPSA) is 0 Å².